The van der Waals surface area contributed by atoms with E-state index in [2.05, 4.69) is 15.5 Å². The van der Waals surface area contributed by atoms with Crippen LogP contribution in [0.4, 0.5) is 0 Å². The fourth-order valence-electron chi connectivity index (χ4n) is 2.74. The molecule has 0 bridgehead atoms. The monoisotopic (exact) mass is 301 g/mol. The van der Waals surface area contributed by atoms with E-state index in [9.17, 15) is 8.42 Å². The Kier molecular flexibility index (Phi) is 4.77. The molecule has 3 N–H and O–H groups in total. The van der Waals surface area contributed by atoms with Gasteiger partial charge in [0.05, 0.1) is 11.5 Å². The van der Waals surface area contributed by atoms with Crippen molar-refractivity contribution in [1.82, 2.24) is 20.2 Å². The molecule has 0 aliphatic carbocycles. The number of sulfone groups is 1. The molecule has 7 nitrogen and oxygen atoms in total. The van der Waals surface area contributed by atoms with Gasteiger partial charge in [-0.05, 0) is 32.6 Å². The van der Waals surface area contributed by atoms with Crippen LogP contribution in [0.3, 0.4) is 0 Å². The third-order valence-electron chi connectivity index (χ3n) is 3.75. The minimum absolute atomic E-state index is 0.0231. The molecule has 2 unspecified atom stereocenters. The Hall–Kier alpha value is -0.990. The summed E-state index contributed by atoms with van der Waals surface area (Å²) in [6.07, 6.45) is 3.69. The largest absolute Gasteiger partial charge is 0.271 e. The molecule has 1 aliphatic rings. The standard InChI is InChI=1S/C12H23N5O2S/c1-9(2)17-12(14-8-15-17)6-11(16-13)5-10-3-4-20(18,19)7-10/h8-11,16H,3-7,13H2,1-2H3. The topological polar surface area (TPSA) is 103 Å². The molecular formula is C12H23N5O2S. The molecule has 1 saturated heterocycles. The van der Waals surface area contributed by atoms with Gasteiger partial charge in [0.1, 0.15) is 12.2 Å². The summed E-state index contributed by atoms with van der Waals surface area (Å²) >= 11 is 0. The third kappa shape index (κ3) is 3.77. The summed E-state index contributed by atoms with van der Waals surface area (Å²) in [4.78, 5) is 4.27. The summed E-state index contributed by atoms with van der Waals surface area (Å²) in [5.74, 6) is 7.26. The lowest BCUT2D eigenvalue weighted by atomic mass is 9.97. The fraction of sp³-hybridized carbons (Fsp3) is 0.833. The molecule has 114 valence electrons. The predicted octanol–water partition coefficient (Wildman–Crippen LogP) is 0.0582. The van der Waals surface area contributed by atoms with E-state index in [1.807, 2.05) is 18.5 Å². The van der Waals surface area contributed by atoms with Gasteiger partial charge >= 0.3 is 0 Å². The highest BCUT2D eigenvalue weighted by atomic mass is 32.2. The molecule has 0 aromatic carbocycles. The van der Waals surface area contributed by atoms with E-state index in [0.717, 1.165) is 18.7 Å². The first-order chi connectivity index (χ1) is 9.41. The van der Waals surface area contributed by atoms with Gasteiger partial charge in [-0.1, -0.05) is 0 Å². The van der Waals surface area contributed by atoms with Crippen LogP contribution in [0.15, 0.2) is 6.33 Å². The Balaban J connectivity index is 1.97. The van der Waals surface area contributed by atoms with E-state index in [-0.39, 0.29) is 23.8 Å². The first-order valence-corrected chi connectivity index (χ1v) is 8.78. The van der Waals surface area contributed by atoms with Gasteiger partial charge in [-0.2, -0.15) is 5.10 Å². The van der Waals surface area contributed by atoms with Crippen molar-refractivity contribution in [3.8, 4) is 0 Å². The number of hydrazine groups is 1. The predicted molar refractivity (Wildman–Crippen MR) is 76.6 cm³/mol. The molecular weight excluding hydrogens is 278 g/mol. The van der Waals surface area contributed by atoms with E-state index in [1.165, 1.54) is 0 Å². The van der Waals surface area contributed by atoms with Crippen LogP contribution in [0.1, 0.15) is 38.6 Å². The Morgan fingerprint density at radius 2 is 2.30 bits per heavy atom. The van der Waals surface area contributed by atoms with Crippen LogP contribution in [0.25, 0.3) is 0 Å². The Morgan fingerprint density at radius 3 is 2.85 bits per heavy atom. The maximum absolute atomic E-state index is 11.5. The van der Waals surface area contributed by atoms with Crippen LogP contribution in [-0.2, 0) is 16.3 Å². The molecule has 0 spiro atoms. The van der Waals surface area contributed by atoms with Crippen molar-refractivity contribution in [3.63, 3.8) is 0 Å². The molecule has 1 aliphatic heterocycles. The molecule has 1 aromatic heterocycles. The number of hydrogen-bond acceptors (Lipinski definition) is 6. The summed E-state index contributed by atoms with van der Waals surface area (Å²) in [5, 5.41) is 4.20. The summed E-state index contributed by atoms with van der Waals surface area (Å²) < 4.78 is 24.9. The Morgan fingerprint density at radius 1 is 1.55 bits per heavy atom. The van der Waals surface area contributed by atoms with E-state index in [4.69, 9.17) is 5.84 Å². The second-order valence-corrected chi connectivity index (χ2v) is 8.02. The zero-order chi connectivity index (χ0) is 14.8. The number of nitrogens with zero attached hydrogens (tertiary/aromatic N) is 3. The van der Waals surface area contributed by atoms with Gasteiger partial charge in [0.25, 0.3) is 0 Å². The van der Waals surface area contributed by atoms with Crippen LogP contribution in [0, 0.1) is 5.92 Å². The van der Waals surface area contributed by atoms with Gasteiger partial charge in [0, 0.05) is 18.5 Å². The number of rotatable bonds is 6. The van der Waals surface area contributed by atoms with Gasteiger partial charge in [-0.15, -0.1) is 0 Å². The maximum atomic E-state index is 11.5. The minimum atomic E-state index is -2.83. The van der Waals surface area contributed by atoms with Crippen LogP contribution in [0.2, 0.25) is 0 Å². The molecule has 2 rings (SSSR count). The molecule has 0 radical (unpaired) electrons. The quantitative estimate of drug-likeness (QED) is 0.569. The number of aromatic nitrogens is 3. The van der Waals surface area contributed by atoms with Crippen molar-refractivity contribution in [2.45, 2.75) is 45.2 Å². The molecule has 1 aromatic rings. The Bertz CT molecular complexity index is 540. The van der Waals surface area contributed by atoms with Crippen LogP contribution in [0.5, 0.6) is 0 Å². The molecule has 0 saturated carbocycles. The lowest BCUT2D eigenvalue weighted by Crippen LogP contribution is -2.39. The van der Waals surface area contributed by atoms with Crippen molar-refractivity contribution in [2.24, 2.45) is 11.8 Å². The smallest absolute Gasteiger partial charge is 0.150 e. The number of nitrogens with two attached hydrogens (primary N) is 1. The average Bonchev–Trinajstić information content (AvgIpc) is 2.95. The van der Waals surface area contributed by atoms with E-state index < -0.39 is 9.84 Å². The van der Waals surface area contributed by atoms with Crippen molar-refractivity contribution in [2.75, 3.05) is 11.5 Å². The van der Waals surface area contributed by atoms with Crippen molar-refractivity contribution in [3.05, 3.63) is 12.2 Å². The van der Waals surface area contributed by atoms with Crippen molar-refractivity contribution >= 4 is 9.84 Å². The summed E-state index contributed by atoms with van der Waals surface area (Å²) in [7, 11) is -2.83. The molecule has 0 amide bonds. The van der Waals surface area contributed by atoms with Gasteiger partial charge in [-0.25, -0.2) is 18.1 Å². The molecule has 2 atom stereocenters. The van der Waals surface area contributed by atoms with Crippen molar-refractivity contribution < 1.29 is 8.42 Å². The lowest BCUT2D eigenvalue weighted by molar-refractivity contribution is 0.390. The number of hydrogen-bond donors (Lipinski definition) is 2. The highest BCUT2D eigenvalue weighted by molar-refractivity contribution is 7.91. The number of nitrogens with one attached hydrogen (secondary N) is 1. The lowest BCUT2D eigenvalue weighted by Gasteiger charge is -2.19. The fourth-order valence-corrected chi connectivity index (χ4v) is 4.62. The molecule has 2 heterocycles. The Labute approximate surface area is 119 Å². The molecule has 20 heavy (non-hydrogen) atoms. The molecule has 8 heteroatoms. The first kappa shape index (κ1) is 15.4. The normalized spacial score (nSPS) is 23.3. The third-order valence-corrected chi connectivity index (χ3v) is 5.58. The second kappa shape index (κ2) is 6.19. The van der Waals surface area contributed by atoms with Gasteiger partial charge in [0.15, 0.2) is 9.84 Å². The molecule has 1 fully saturated rings. The van der Waals surface area contributed by atoms with Crippen molar-refractivity contribution in [1.29, 1.82) is 0 Å². The van der Waals surface area contributed by atoms with E-state index >= 15 is 0 Å². The summed E-state index contributed by atoms with van der Waals surface area (Å²) in [5.41, 5.74) is 2.78. The zero-order valence-corrected chi connectivity index (χ0v) is 12.8. The minimum Gasteiger partial charge on any atom is -0.271 e. The van der Waals surface area contributed by atoms with Crippen LogP contribution < -0.4 is 11.3 Å². The SMILES string of the molecule is CC(C)n1ncnc1CC(CC1CCS(=O)(=O)C1)NN. The summed E-state index contributed by atoms with van der Waals surface area (Å²) in [6.45, 7) is 4.10. The second-order valence-electron chi connectivity index (χ2n) is 5.79. The van der Waals surface area contributed by atoms with Crippen LogP contribution in [-0.4, -0.2) is 40.7 Å². The van der Waals surface area contributed by atoms with E-state index in [1.54, 1.807) is 6.33 Å². The van der Waals surface area contributed by atoms with Gasteiger partial charge in [0.2, 0.25) is 0 Å². The first-order valence-electron chi connectivity index (χ1n) is 6.96. The highest BCUT2D eigenvalue weighted by Gasteiger charge is 2.30. The maximum Gasteiger partial charge on any atom is 0.150 e. The van der Waals surface area contributed by atoms with Gasteiger partial charge < -0.3 is 0 Å². The van der Waals surface area contributed by atoms with Crippen LogP contribution >= 0.6 is 0 Å². The van der Waals surface area contributed by atoms with E-state index in [0.29, 0.717) is 12.2 Å². The highest BCUT2D eigenvalue weighted by Crippen LogP contribution is 2.23. The van der Waals surface area contributed by atoms with Gasteiger partial charge in [-0.3, -0.25) is 11.3 Å². The zero-order valence-electron chi connectivity index (χ0n) is 12.0. The summed E-state index contributed by atoms with van der Waals surface area (Å²) in [6, 6.07) is 0.271. The average molecular weight is 301 g/mol.